The van der Waals surface area contributed by atoms with Crippen molar-refractivity contribution in [3.05, 3.63) is 42.9 Å². The van der Waals surface area contributed by atoms with Crippen molar-refractivity contribution in [2.45, 2.75) is 71.2 Å². The Morgan fingerprint density at radius 1 is 1.10 bits per heavy atom. The van der Waals surface area contributed by atoms with Gasteiger partial charge in [0.25, 0.3) is 0 Å². The average molecular weight is 697 g/mol. The zero-order chi connectivity index (χ0) is 28.6. The average Bonchev–Trinajstić information content (AvgIpc) is 3.28. The third-order valence-corrected chi connectivity index (χ3v) is 7.49. The Labute approximate surface area is 271 Å². The SMILES string of the molecule is [CH2-]C(C)(C)C(C)(C)[CH-]Oc1ccc(/C=C(\C)C(=O)N[C@@H]2[C@H](O)[C@@H](O)[C@H]3OCO[C@H]3[C@@H]2O)cc1OP(=O)(O)O.[V].[Y]. The summed E-state index contributed by atoms with van der Waals surface area (Å²) in [6.07, 6.45) is -4.64. The quantitative estimate of drug-likeness (QED) is 0.124. The van der Waals surface area contributed by atoms with E-state index in [2.05, 4.69) is 12.2 Å². The minimum Gasteiger partial charge on any atom is -0.659 e. The molecule has 3 rings (SSSR count). The van der Waals surface area contributed by atoms with Crippen molar-refractivity contribution in [3.8, 4) is 11.5 Å². The van der Waals surface area contributed by atoms with Crippen LogP contribution in [0.5, 0.6) is 11.5 Å². The molecule has 0 unspecified atom stereocenters. The van der Waals surface area contributed by atoms with E-state index in [-0.39, 0.29) is 75.1 Å². The van der Waals surface area contributed by atoms with Crippen LogP contribution in [0.1, 0.15) is 40.2 Å². The summed E-state index contributed by atoms with van der Waals surface area (Å²) in [6, 6.07) is 3.05. The second-order valence-electron chi connectivity index (χ2n) is 10.8. The van der Waals surface area contributed by atoms with Gasteiger partial charge in [-0.05, 0) is 30.7 Å². The molecule has 1 aliphatic heterocycles. The summed E-state index contributed by atoms with van der Waals surface area (Å²) < 4.78 is 32.6. The molecule has 222 valence electrons. The Balaban J connectivity index is 0.00000400. The van der Waals surface area contributed by atoms with Crippen LogP contribution in [0.2, 0.25) is 0 Å². The van der Waals surface area contributed by atoms with Crippen LogP contribution in [0, 0.1) is 24.4 Å². The number of carbonyl (C=O) groups is 1. The van der Waals surface area contributed by atoms with Gasteiger partial charge < -0.3 is 46.3 Å². The summed E-state index contributed by atoms with van der Waals surface area (Å²) in [4.78, 5) is 31.6. The number of phosphoric acid groups is 1. The van der Waals surface area contributed by atoms with Crippen molar-refractivity contribution in [2.75, 3.05) is 6.79 Å². The molecule has 12 nitrogen and oxygen atoms in total. The number of nitrogens with one attached hydrogen (secondary N) is 1. The topological polar surface area (TPSA) is 184 Å². The molecule has 0 aromatic heterocycles. The van der Waals surface area contributed by atoms with Crippen LogP contribution < -0.4 is 14.6 Å². The molecule has 2 aliphatic rings. The molecule has 1 amide bonds. The molecule has 0 spiro atoms. The van der Waals surface area contributed by atoms with Gasteiger partial charge in [0, 0.05) is 56.8 Å². The molecule has 15 heteroatoms. The summed E-state index contributed by atoms with van der Waals surface area (Å²) in [5.41, 5.74) is -0.455. The molecule has 1 saturated heterocycles. The van der Waals surface area contributed by atoms with E-state index in [1.807, 2.05) is 27.7 Å². The van der Waals surface area contributed by atoms with E-state index in [0.717, 1.165) is 0 Å². The molecule has 2 fully saturated rings. The number of carbonyl (C=O) groups excluding carboxylic acids is 1. The van der Waals surface area contributed by atoms with Gasteiger partial charge in [-0.2, -0.15) is 17.4 Å². The summed E-state index contributed by atoms with van der Waals surface area (Å²) in [5.74, 6) is -0.872. The van der Waals surface area contributed by atoms with E-state index in [0.29, 0.717) is 5.56 Å². The van der Waals surface area contributed by atoms with Crippen molar-refractivity contribution >= 4 is 19.8 Å². The van der Waals surface area contributed by atoms with Gasteiger partial charge in [-0.1, -0.05) is 33.8 Å². The number of aliphatic hydroxyl groups excluding tert-OH is 3. The molecule has 6 atom stereocenters. The Kier molecular flexibility index (Phi) is 13.6. The van der Waals surface area contributed by atoms with Crippen LogP contribution in [-0.4, -0.2) is 74.4 Å². The van der Waals surface area contributed by atoms with Gasteiger partial charge in [-0.25, -0.2) is 4.57 Å². The first-order chi connectivity index (χ1) is 17.4. The fourth-order valence-electron chi connectivity index (χ4n) is 3.82. The van der Waals surface area contributed by atoms with Crippen LogP contribution in [-0.2, 0) is 70.1 Å². The van der Waals surface area contributed by atoms with Crippen LogP contribution in [0.15, 0.2) is 23.8 Å². The third-order valence-electron chi connectivity index (χ3n) is 7.05. The first-order valence-corrected chi connectivity index (χ1v) is 13.5. The second kappa shape index (κ2) is 14.4. The molecule has 1 heterocycles. The van der Waals surface area contributed by atoms with Gasteiger partial charge in [0.15, 0.2) is 5.75 Å². The maximum atomic E-state index is 12.8. The Hall–Kier alpha value is -0.332. The molecule has 1 saturated carbocycles. The normalized spacial score (nSPS) is 27.1. The summed E-state index contributed by atoms with van der Waals surface area (Å²) >= 11 is 0. The minimum absolute atomic E-state index is 0. The molecule has 1 aromatic rings. The van der Waals surface area contributed by atoms with E-state index >= 15 is 0 Å². The maximum Gasteiger partial charge on any atom is 0.524 e. The number of rotatable bonds is 9. The number of benzene rings is 1. The first kappa shape index (κ1) is 37.7. The second-order valence-corrected chi connectivity index (χ2v) is 12.0. The Morgan fingerprint density at radius 3 is 2.23 bits per heavy atom. The zero-order valence-electron chi connectivity index (χ0n) is 22.9. The van der Waals surface area contributed by atoms with Crippen LogP contribution in [0.25, 0.3) is 6.08 Å². The summed E-state index contributed by atoms with van der Waals surface area (Å²) in [7, 11) is -4.95. The summed E-state index contributed by atoms with van der Waals surface area (Å²) in [5, 5.41) is 33.8. The van der Waals surface area contributed by atoms with Gasteiger partial charge in [0.1, 0.15) is 43.1 Å². The number of hydrogen-bond donors (Lipinski definition) is 6. The molecule has 0 bridgehead atoms. The molecular weight excluding hydrogens is 661 g/mol. The van der Waals surface area contributed by atoms with Gasteiger partial charge in [0.2, 0.25) is 5.91 Å². The number of ether oxygens (including phenoxy) is 3. The van der Waals surface area contributed by atoms with E-state index in [1.165, 1.54) is 31.7 Å². The van der Waals surface area contributed by atoms with E-state index in [1.54, 1.807) is 6.07 Å². The van der Waals surface area contributed by atoms with Crippen molar-refractivity contribution in [2.24, 2.45) is 10.8 Å². The van der Waals surface area contributed by atoms with Gasteiger partial charge >= 0.3 is 7.82 Å². The molecule has 1 aromatic carbocycles. The Bertz CT molecular complexity index is 1110. The Morgan fingerprint density at radius 2 is 1.68 bits per heavy atom. The smallest absolute Gasteiger partial charge is 0.524 e. The third kappa shape index (κ3) is 9.08. The van der Waals surface area contributed by atoms with E-state index in [4.69, 9.17) is 18.7 Å². The number of hydrogen-bond acceptors (Lipinski definition) is 9. The molecule has 1 aliphatic carbocycles. The number of amides is 1. The number of fused-ring (bicyclic) bond motifs is 1. The summed E-state index contributed by atoms with van der Waals surface area (Å²) in [6.45, 7) is 14.5. The number of aliphatic hydroxyl groups is 3. The van der Waals surface area contributed by atoms with Crippen molar-refractivity contribution in [3.63, 3.8) is 0 Å². The molecular formula is C25H36NO11PVY-2. The van der Waals surface area contributed by atoms with Gasteiger partial charge in [0.05, 0.1) is 6.04 Å². The van der Waals surface area contributed by atoms with Gasteiger partial charge in [-0.15, -0.1) is 0 Å². The van der Waals surface area contributed by atoms with Crippen LogP contribution >= 0.6 is 7.82 Å². The molecule has 2 radical (unpaired) electrons. The fraction of sp³-hybridized carbons (Fsp3) is 0.560. The minimum atomic E-state index is -4.95. The van der Waals surface area contributed by atoms with E-state index < -0.39 is 61.1 Å². The van der Waals surface area contributed by atoms with E-state index in [9.17, 15) is 34.5 Å². The number of phosphoric ester groups is 1. The van der Waals surface area contributed by atoms with Gasteiger partial charge in [-0.3, -0.25) is 14.6 Å². The predicted octanol–water partition coefficient (Wildman–Crippen LogP) is 1.31. The zero-order valence-corrected chi connectivity index (χ0v) is 28.1. The monoisotopic (exact) mass is 697 g/mol. The molecule has 6 N–H and O–H groups in total. The van der Waals surface area contributed by atoms with Crippen molar-refractivity contribution in [1.82, 2.24) is 5.32 Å². The van der Waals surface area contributed by atoms with Crippen molar-refractivity contribution < 1.29 is 104 Å². The standard InChI is InChI=1S/C25H36NO11P.V.Y/c1-13(23(30)26-17-18(27)20(29)22-21(19(17)28)35-12-36-22)9-14-7-8-15(16(10-14)37-38(31,32)33)34-11-25(5,6)24(2,3)4;;/h7-11,17-22,27-29H,2,12H2,1,3-6H3,(H,26,30)(H2,31,32,33);;/q-2;;/b13-9+;;/t17-,18+,19-,20-,21+,22-;;/m1../s1. The maximum absolute atomic E-state index is 12.8. The van der Waals surface area contributed by atoms with Crippen LogP contribution in [0.3, 0.4) is 0 Å². The fourth-order valence-corrected chi connectivity index (χ4v) is 4.22. The van der Waals surface area contributed by atoms with Crippen molar-refractivity contribution in [1.29, 1.82) is 0 Å². The molecule has 40 heavy (non-hydrogen) atoms. The largest absolute Gasteiger partial charge is 0.659 e. The van der Waals surface area contributed by atoms with Crippen LogP contribution in [0.4, 0.5) is 0 Å². The first-order valence-electron chi connectivity index (χ1n) is 11.9. The predicted molar refractivity (Wildman–Crippen MR) is 135 cm³/mol.